The number of carbonyl (C=O) groups is 10. The predicted octanol–water partition coefficient (Wildman–Crippen LogP) is 6.94. The minimum atomic E-state index is -5.07. The van der Waals surface area contributed by atoms with Crippen molar-refractivity contribution in [1.82, 2.24) is 31.2 Å². The summed E-state index contributed by atoms with van der Waals surface area (Å²) in [5, 5.41) is 32.2. The number of allylic oxidation sites excluding steroid dienone is 3. The fourth-order valence-corrected chi connectivity index (χ4v) is 15.3. The van der Waals surface area contributed by atoms with Gasteiger partial charge in [-0.2, -0.15) is 0 Å². The summed E-state index contributed by atoms with van der Waals surface area (Å²) in [6.07, 6.45) is 1.33. The fraction of sp³-hybridized carbons (Fsp3) is 0.427. The van der Waals surface area contributed by atoms with Gasteiger partial charge in [0.2, 0.25) is 23.1 Å². The van der Waals surface area contributed by atoms with Crippen molar-refractivity contribution in [2.24, 2.45) is 11.8 Å². The molecule has 0 bridgehead atoms. The molecule has 30 nitrogen and oxygen atoms in total. The van der Waals surface area contributed by atoms with Gasteiger partial charge in [-0.1, -0.05) is 118 Å². The summed E-state index contributed by atoms with van der Waals surface area (Å²) in [6.45, 7) is 9.93. The minimum Gasteiger partial charge on any atom is -0.748 e. The number of fused-ring (bicyclic) bond motifs is 2. The number of rotatable bonds is 47. The van der Waals surface area contributed by atoms with Crippen molar-refractivity contribution in [3.8, 4) is 11.3 Å². The zero-order valence-electron chi connectivity index (χ0n) is 64.7. The van der Waals surface area contributed by atoms with Gasteiger partial charge in [-0.3, -0.25) is 38.4 Å². The SMILES string of the molecule is CC[N+](CCCS(=O)(=O)[O-])=c1ccc2c(C(C)(C)C)cc(/C=C/C=C3\N(CCCS(=O)(=O)[O-])c4ccc(S(=O)(=O)[O-])cc4C3(C)CCCC(=O)N[C@@H](Cc3ccccc3)C(=O)C[C@@H](Cc3ccccc3)C(=O)NCC(=O)CCCNC(=O)[C@@H](CC(=O)CC[C@H](NC(=O)N[C@@H](CCC(=O)O)OC=O)C(=O)O)Cc3ccccc3)oc-2c1. The monoisotopic (exact) mass is 1650 g/mol. The van der Waals surface area contributed by atoms with E-state index in [0.717, 1.165) is 17.2 Å². The standard InChI is InChI=1S/C82H101N7O23S3/c1-6-88(41-19-43-113(102,103)104)60-31-34-65-66(81(2,3)4)51-63(112-72(65)50-60)28-16-29-73-82(5,67-52-64(115(108,109)110)33-36-70(67)89(73)42-20-44-114(105,106)107)39-17-30-74(94)85-69(47-57-25-14-9-15-26-57)71(93)49-59(46-56-23-12-8-13-24-56)78(98)84-53-62(92)27-18-40-83-77(97)58(45-55-21-10-7-11-22-55)48-61(91)32-35-68(79(99)100)86-80(101)87-75(111-54-90)37-38-76(95)96/h7-16,21-26,28-29,31,33-34,36,50-52,54,58-59,68-69,75H,6,17-20,27,30,32,35,37-49,53H2,1-5H3,(H9-,83,84,85,86,87,94,95,96,97,98,99,100,101,102,103,104,105,106,107,108,109,110)/p-2/t58-,59-,68+,69+,75-,82?/m1/s1. The molecule has 0 saturated heterocycles. The largest absolute Gasteiger partial charge is 0.748 e. The second kappa shape index (κ2) is 42.7. The average Bonchev–Trinajstić information content (AvgIpc) is 1.58. The molecule has 4 aromatic rings. The van der Waals surface area contributed by atoms with E-state index in [2.05, 4.69) is 31.3 Å². The van der Waals surface area contributed by atoms with Crippen molar-refractivity contribution in [3.63, 3.8) is 0 Å². The first kappa shape index (κ1) is 91.6. The number of carboxylic acids is 2. The van der Waals surface area contributed by atoms with Crippen LogP contribution in [0.15, 0.2) is 161 Å². The molecule has 2 aliphatic heterocycles. The van der Waals surface area contributed by atoms with Crippen LogP contribution in [0, 0.1) is 11.8 Å². The number of nitrogens with zero attached hydrogens (tertiary/aromatic N) is 2. The van der Waals surface area contributed by atoms with Gasteiger partial charge in [-0.05, 0) is 141 Å². The van der Waals surface area contributed by atoms with Gasteiger partial charge in [-0.15, -0.1) is 0 Å². The third-order valence-corrected chi connectivity index (χ3v) is 22.1. The predicted molar refractivity (Wildman–Crippen MR) is 422 cm³/mol. The topological polar surface area (TPSA) is 472 Å². The number of hydrogen-bond donors (Lipinski definition) is 7. The highest BCUT2D eigenvalue weighted by atomic mass is 32.2. The maximum atomic E-state index is 14.9. The molecule has 7 N–H and O–H groups in total. The van der Waals surface area contributed by atoms with Gasteiger partial charge < -0.3 is 64.5 Å². The van der Waals surface area contributed by atoms with Crippen LogP contribution >= 0.6 is 0 Å². The van der Waals surface area contributed by atoms with Gasteiger partial charge in [0.15, 0.2) is 17.8 Å². The Morgan fingerprint density at radius 1 is 0.652 bits per heavy atom. The average molecular weight is 1650 g/mol. The van der Waals surface area contributed by atoms with Gasteiger partial charge in [0.05, 0.1) is 50.2 Å². The molecule has 0 fully saturated rings. The number of amides is 5. The number of aliphatic carboxylic acids is 2. The zero-order valence-corrected chi connectivity index (χ0v) is 67.2. The number of hydrogen-bond acceptors (Lipinski definition) is 22. The van der Waals surface area contributed by atoms with Crippen LogP contribution in [0.5, 0.6) is 0 Å². The van der Waals surface area contributed by atoms with E-state index in [9.17, 15) is 92.0 Å². The number of benzene rings is 5. The normalized spacial score (nSPS) is 15.7. The summed E-state index contributed by atoms with van der Waals surface area (Å²) in [5.74, 6) is -8.41. The highest BCUT2D eigenvalue weighted by molar-refractivity contribution is 7.86. The Balaban J connectivity index is 1.05. The first-order chi connectivity index (χ1) is 54.3. The maximum Gasteiger partial charge on any atom is 0.326 e. The van der Waals surface area contributed by atoms with E-state index in [1.165, 1.54) is 12.1 Å². The van der Waals surface area contributed by atoms with Crippen LogP contribution in [-0.2, 0) is 108 Å². The molecule has 4 aromatic carbocycles. The summed E-state index contributed by atoms with van der Waals surface area (Å²) >= 11 is 0. The molecule has 3 aliphatic rings. The van der Waals surface area contributed by atoms with Gasteiger partial charge in [-0.25, -0.2) is 39.4 Å². The van der Waals surface area contributed by atoms with E-state index in [-0.39, 0.29) is 110 Å². The number of ether oxygens (including phenoxy) is 1. The molecule has 1 aliphatic carbocycles. The number of carbonyl (C=O) groups excluding carboxylic acids is 8. The lowest BCUT2D eigenvalue weighted by Crippen LogP contribution is -2.49. The van der Waals surface area contributed by atoms with Gasteiger partial charge in [0, 0.05) is 110 Å². The third kappa shape index (κ3) is 29.6. The molecular weight excluding hydrogens is 1550 g/mol. The molecule has 33 heteroatoms. The van der Waals surface area contributed by atoms with Gasteiger partial charge >= 0.3 is 18.0 Å². The highest BCUT2D eigenvalue weighted by Gasteiger charge is 2.44. The molecule has 7 rings (SSSR count). The van der Waals surface area contributed by atoms with Crippen LogP contribution in [0.25, 0.3) is 17.4 Å². The van der Waals surface area contributed by atoms with E-state index in [1.807, 2.05) is 56.5 Å². The van der Waals surface area contributed by atoms with E-state index in [0.29, 0.717) is 57.1 Å². The Labute approximate surface area is 669 Å². The van der Waals surface area contributed by atoms with Crippen LogP contribution in [0.3, 0.4) is 0 Å². The molecule has 115 heavy (non-hydrogen) atoms. The number of urea groups is 1. The van der Waals surface area contributed by atoms with Crippen LogP contribution in [-0.4, -0.2) is 171 Å². The smallest absolute Gasteiger partial charge is 0.326 e. The third-order valence-electron chi connectivity index (χ3n) is 19.7. The summed E-state index contributed by atoms with van der Waals surface area (Å²) in [6, 6.07) is 33.8. The first-order valence-corrected chi connectivity index (χ1v) is 42.3. The summed E-state index contributed by atoms with van der Waals surface area (Å²) < 4.78 is 122. The Bertz CT molecular complexity index is 4900. The van der Waals surface area contributed by atoms with E-state index < -0.39 is 167 Å². The second-order valence-electron chi connectivity index (χ2n) is 29.5. The lowest BCUT2D eigenvalue weighted by atomic mass is 9.77. The Kier molecular flexibility index (Phi) is 34.0. The Hall–Kier alpha value is -10.6. The molecule has 1 unspecified atom stereocenters. The van der Waals surface area contributed by atoms with Gasteiger partial charge in [0.1, 0.15) is 46.6 Å². The number of carboxylic acid groups (broad SMARTS) is 2. The lowest BCUT2D eigenvalue weighted by molar-refractivity contribution is -0.141. The van der Waals surface area contributed by atoms with Crippen molar-refractivity contribution in [3.05, 3.63) is 190 Å². The molecule has 0 spiro atoms. The zero-order chi connectivity index (χ0) is 84.3. The first-order valence-electron chi connectivity index (χ1n) is 37.8. The van der Waals surface area contributed by atoms with Crippen molar-refractivity contribution in [1.29, 1.82) is 0 Å². The summed E-state index contributed by atoms with van der Waals surface area (Å²) in [4.78, 5) is 132. The molecule has 0 radical (unpaired) electrons. The van der Waals surface area contributed by atoms with Crippen LogP contribution in [0.4, 0.5) is 10.5 Å². The van der Waals surface area contributed by atoms with E-state index in [4.69, 9.17) is 9.52 Å². The molecule has 620 valence electrons. The maximum absolute atomic E-state index is 14.9. The second-order valence-corrected chi connectivity index (χ2v) is 34.0. The van der Waals surface area contributed by atoms with Gasteiger partial charge in [0.25, 0.3) is 6.47 Å². The molecule has 2 heterocycles. The molecule has 0 saturated carbocycles. The molecule has 5 amide bonds. The van der Waals surface area contributed by atoms with E-state index in [1.54, 1.807) is 121 Å². The molecular formula is C82H99N7O23S3-2. The van der Waals surface area contributed by atoms with Crippen LogP contribution in [0.1, 0.15) is 152 Å². The van der Waals surface area contributed by atoms with E-state index >= 15 is 0 Å². The number of nitrogens with one attached hydrogen (secondary N) is 5. The van der Waals surface area contributed by atoms with Crippen molar-refractivity contribution in [2.75, 3.05) is 49.1 Å². The number of ketones is 3. The summed E-state index contributed by atoms with van der Waals surface area (Å²) in [7, 11) is -14.2. The highest BCUT2D eigenvalue weighted by Crippen LogP contribution is 2.51. The minimum absolute atomic E-state index is 0.000896. The quantitative estimate of drug-likeness (QED) is 0.00668. The number of Topliss-reactive ketones (excluding diaryl/α,β-unsaturated/α-hetero) is 3. The molecule has 6 atom stereocenters. The number of anilines is 1. The Morgan fingerprint density at radius 2 is 1.26 bits per heavy atom. The fourth-order valence-electron chi connectivity index (χ4n) is 13.8. The Morgan fingerprint density at radius 3 is 1.84 bits per heavy atom. The van der Waals surface area contributed by atoms with Crippen molar-refractivity contribution in [2.45, 2.75) is 171 Å². The van der Waals surface area contributed by atoms with Crippen LogP contribution in [0.2, 0.25) is 0 Å². The molecule has 0 aromatic heterocycles. The summed E-state index contributed by atoms with van der Waals surface area (Å²) in [5.41, 5.74) is 3.29. The lowest BCUT2D eigenvalue weighted by Gasteiger charge is -2.31. The van der Waals surface area contributed by atoms with Crippen molar-refractivity contribution >= 4 is 102 Å². The van der Waals surface area contributed by atoms with Crippen molar-refractivity contribution < 1.29 is 106 Å². The van der Waals surface area contributed by atoms with Crippen LogP contribution < -0.4 is 41.4 Å².